The van der Waals surface area contributed by atoms with E-state index < -0.39 is 22.3 Å². The van der Waals surface area contributed by atoms with Crippen molar-refractivity contribution < 1.29 is 9.90 Å². The van der Waals surface area contributed by atoms with Crippen LogP contribution in [0, 0.1) is 0 Å². The summed E-state index contributed by atoms with van der Waals surface area (Å²) in [6, 6.07) is 60.7. The van der Waals surface area contributed by atoms with E-state index in [1.54, 1.807) is 11.8 Å². The number of carboxylic acids is 1. The number of hydrogen-bond acceptors (Lipinski definition) is 4. The van der Waals surface area contributed by atoms with Crippen molar-refractivity contribution >= 4 is 17.7 Å². The van der Waals surface area contributed by atoms with Crippen LogP contribution in [0.2, 0.25) is 0 Å². The maximum Gasteiger partial charge on any atom is 0.321 e. The van der Waals surface area contributed by atoms with Gasteiger partial charge in [0.1, 0.15) is 6.04 Å². The molecular formula is C45H46N2O2S. The zero-order chi connectivity index (χ0) is 35.1. The minimum atomic E-state index is -0.914. The van der Waals surface area contributed by atoms with Crippen molar-refractivity contribution in [2.75, 3.05) is 18.8 Å². The Kier molecular flexibility index (Phi) is 13.2. The van der Waals surface area contributed by atoms with Crippen LogP contribution < -0.4 is 10.6 Å². The number of rotatable bonds is 14. The summed E-state index contributed by atoms with van der Waals surface area (Å²) in [6.45, 7) is 6.39. The summed E-state index contributed by atoms with van der Waals surface area (Å²) in [5.74, 6) is -0.611. The van der Waals surface area contributed by atoms with Crippen LogP contribution >= 0.6 is 11.8 Å². The number of carbonyl (C=O) groups is 1. The van der Waals surface area contributed by atoms with Gasteiger partial charge >= 0.3 is 5.97 Å². The lowest BCUT2D eigenvalue weighted by atomic mass is 9.76. The third-order valence-electron chi connectivity index (χ3n) is 8.82. The lowest BCUT2D eigenvalue weighted by Gasteiger charge is -2.41. The second kappa shape index (κ2) is 18.2. The topological polar surface area (TPSA) is 61.4 Å². The molecule has 1 atom stereocenters. The van der Waals surface area contributed by atoms with Gasteiger partial charge in [0, 0.05) is 5.75 Å². The quantitative estimate of drug-likeness (QED) is 0.100. The van der Waals surface area contributed by atoms with Gasteiger partial charge in [-0.1, -0.05) is 196 Å². The molecule has 0 fully saturated rings. The SMILES string of the molecule is CCNCC.O=C(O)[C@@H](CSC(c1ccccc1)(c1ccccc1)c1ccccc1)NC(c1ccccc1)(c1ccccc1)c1ccccc1. The molecule has 5 heteroatoms. The van der Waals surface area contributed by atoms with Crippen molar-refractivity contribution in [3.8, 4) is 0 Å². The Labute approximate surface area is 301 Å². The van der Waals surface area contributed by atoms with Crippen LogP contribution in [-0.2, 0) is 15.1 Å². The first-order valence-electron chi connectivity index (χ1n) is 17.2. The average Bonchev–Trinajstić information content (AvgIpc) is 3.19. The summed E-state index contributed by atoms with van der Waals surface area (Å²) in [5, 5.41) is 17.7. The van der Waals surface area contributed by atoms with E-state index in [1.807, 2.05) is 72.8 Å². The third-order valence-corrected chi connectivity index (χ3v) is 10.5. The normalized spacial score (nSPS) is 12.0. The molecule has 4 nitrogen and oxygen atoms in total. The molecule has 0 unspecified atom stereocenters. The number of thioether (sulfide) groups is 1. The van der Waals surface area contributed by atoms with Crippen molar-refractivity contribution in [2.45, 2.75) is 30.2 Å². The Bertz CT molecular complexity index is 1640. The molecular weight excluding hydrogens is 633 g/mol. The van der Waals surface area contributed by atoms with Crippen molar-refractivity contribution in [1.29, 1.82) is 0 Å². The standard InChI is InChI=1S/C41H35NO2S.C4H11N/c43-39(44)38(42-40(32-19-7-1-8-20-32,33-21-9-2-10-22-33)34-23-11-3-12-24-34)31-45-41(35-25-13-4-14-26-35,36-27-15-5-16-28-36)37-29-17-6-18-30-37;1-3-5-4-2/h1-30,38,42H,31H2,(H,43,44);5H,3-4H2,1-2H3/t38-;/m1./s1. The minimum Gasteiger partial charge on any atom is -0.480 e. The van der Waals surface area contributed by atoms with Gasteiger partial charge in [-0.25, -0.2) is 0 Å². The van der Waals surface area contributed by atoms with Crippen molar-refractivity contribution in [3.05, 3.63) is 215 Å². The zero-order valence-electron chi connectivity index (χ0n) is 28.8. The number of carboxylic acid groups (broad SMARTS) is 1. The fourth-order valence-electron chi connectivity index (χ4n) is 6.48. The van der Waals surface area contributed by atoms with Crippen LogP contribution in [0.5, 0.6) is 0 Å². The maximum atomic E-state index is 13.3. The Morgan fingerprint density at radius 2 is 0.800 bits per heavy atom. The van der Waals surface area contributed by atoms with E-state index in [9.17, 15) is 9.90 Å². The molecule has 6 aromatic carbocycles. The summed E-state index contributed by atoms with van der Waals surface area (Å²) >= 11 is 1.65. The number of hydrogen-bond donors (Lipinski definition) is 3. The van der Waals surface area contributed by atoms with E-state index >= 15 is 0 Å². The van der Waals surface area contributed by atoms with Crippen LogP contribution in [0.15, 0.2) is 182 Å². The molecule has 6 rings (SSSR count). The number of benzene rings is 6. The highest BCUT2D eigenvalue weighted by Crippen LogP contribution is 2.49. The van der Waals surface area contributed by atoms with Gasteiger partial charge in [-0.15, -0.1) is 11.8 Å². The predicted molar refractivity (Wildman–Crippen MR) is 210 cm³/mol. The molecule has 254 valence electrons. The molecule has 6 aromatic rings. The molecule has 0 saturated heterocycles. The third kappa shape index (κ3) is 8.26. The first-order valence-corrected chi connectivity index (χ1v) is 18.2. The Hall–Kier alpha value is -4.94. The van der Waals surface area contributed by atoms with Gasteiger partial charge in [0.25, 0.3) is 0 Å². The second-order valence-corrected chi connectivity index (χ2v) is 13.2. The average molecular weight is 679 g/mol. The Balaban J connectivity index is 0.000000908. The lowest BCUT2D eigenvalue weighted by molar-refractivity contribution is -0.139. The van der Waals surface area contributed by atoms with Gasteiger partial charge < -0.3 is 10.4 Å². The first kappa shape index (κ1) is 36.3. The molecule has 50 heavy (non-hydrogen) atoms. The van der Waals surface area contributed by atoms with Gasteiger partial charge in [-0.3, -0.25) is 10.1 Å². The van der Waals surface area contributed by atoms with E-state index in [2.05, 4.69) is 134 Å². The maximum absolute atomic E-state index is 13.3. The molecule has 0 saturated carbocycles. The molecule has 0 aliphatic rings. The minimum absolute atomic E-state index is 0.294. The summed E-state index contributed by atoms with van der Waals surface area (Å²) in [7, 11) is 0. The summed E-state index contributed by atoms with van der Waals surface area (Å²) in [4.78, 5) is 13.3. The highest BCUT2D eigenvalue weighted by Gasteiger charge is 2.42. The molecule has 0 spiro atoms. The van der Waals surface area contributed by atoms with E-state index in [1.165, 1.54) is 0 Å². The van der Waals surface area contributed by atoms with E-state index in [0.717, 1.165) is 46.5 Å². The van der Waals surface area contributed by atoms with E-state index in [0.29, 0.717) is 5.75 Å². The zero-order valence-corrected chi connectivity index (χ0v) is 29.6. The highest BCUT2D eigenvalue weighted by molar-refractivity contribution is 8.00. The second-order valence-electron chi connectivity index (χ2n) is 11.9. The molecule has 0 aliphatic heterocycles. The smallest absolute Gasteiger partial charge is 0.321 e. The van der Waals surface area contributed by atoms with Gasteiger partial charge in [0.2, 0.25) is 0 Å². The largest absolute Gasteiger partial charge is 0.480 e. The molecule has 0 aromatic heterocycles. The van der Waals surface area contributed by atoms with E-state index in [-0.39, 0.29) is 0 Å². The molecule has 3 N–H and O–H groups in total. The lowest BCUT2D eigenvalue weighted by Crippen LogP contribution is -2.54. The Morgan fingerprint density at radius 3 is 1.04 bits per heavy atom. The Morgan fingerprint density at radius 1 is 0.520 bits per heavy atom. The van der Waals surface area contributed by atoms with Gasteiger partial charge in [-0.2, -0.15) is 0 Å². The molecule has 0 amide bonds. The molecule has 0 bridgehead atoms. The van der Waals surface area contributed by atoms with Crippen LogP contribution in [-0.4, -0.2) is 36.0 Å². The van der Waals surface area contributed by atoms with Crippen LogP contribution in [0.4, 0.5) is 0 Å². The number of aliphatic carboxylic acids is 1. The van der Waals surface area contributed by atoms with E-state index in [4.69, 9.17) is 0 Å². The predicted octanol–water partition coefficient (Wildman–Crippen LogP) is 9.36. The van der Waals surface area contributed by atoms with Gasteiger partial charge in [-0.05, 0) is 46.5 Å². The highest BCUT2D eigenvalue weighted by atomic mass is 32.2. The van der Waals surface area contributed by atoms with Crippen molar-refractivity contribution in [2.24, 2.45) is 0 Å². The van der Waals surface area contributed by atoms with Crippen LogP contribution in [0.3, 0.4) is 0 Å². The van der Waals surface area contributed by atoms with Crippen molar-refractivity contribution in [3.63, 3.8) is 0 Å². The van der Waals surface area contributed by atoms with Crippen molar-refractivity contribution in [1.82, 2.24) is 10.6 Å². The fraction of sp³-hybridized carbons (Fsp3) is 0.178. The summed E-state index contributed by atoms with van der Waals surface area (Å²) in [6.07, 6.45) is 0. The van der Waals surface area contributed by atoms with Gasteiger partial charge in [0.15, 0.2) is 0 Å². The first-order chi connectivity index (χ1) is 24.6. The molecule has 0 aliphatic carbocycles. The fourth-order valence-corrected chi connectivity index (χ4v) is 8.03. The molecule has 0 radical (unpaired) electrons. The summed E-state index contributed by atoms with van der Waals surface area (Å²) < 4.78 is -0.645. The molecule has 0 heterocycles. The van der Waals surface area contributed by atoms with Crippen LogP contribution in [0.25, 0.3) is 0 Å². The number of nitrogens with one attached hydrogen (secondary N) is 2. The summed E-state index contributed by atoms with van der Waals surface area (Å²) in [5.41, 5.74) is 5.28. The van der Waals surface area contributed by atoms with Gasteiger partial charge in [0.05, 0.1) is 10.3 Å². The monoisotopic (exact) mass is 678 g/mol. The van der Waals surface area contributed by atoms with Crippen LogP contribution in [0.1, 0.15) is 47.2 Å².